The molecule has 0 aromatic rings. The molecule has 0 aromatic carbocycles. The summed E-state index contributed by atoms with van der Waals surface area (Å²) in [6.07, 6.45) is -3.49. The van der Waals surface area contributed by atoms with Crippen molar-refractivity contribution in [1.29, 1.82) is 0 Å². The van der Waals surface area contributed by atoms with E-state index in [4.69, 9.17) is 0 Å². The van der Waals surface area contributed by atoms with Crippen molar-refractivity contribution in [1.82, 2.24) is 0 Å². The molecule has 0 heterocycles. The molecule has 66 valence electrons. The van der Waals surface area contributed by atoms with Crippen molar-refractivity contribution in [2.45, 2.75) is 19.3 Å². The summed E-state index contributed by atoms with van der Waals surface area (Å²) in [5.41, 5.74) is -1.82. The smallest absolute Gasteiger partial charge is 0.205 e. The molecule has 11 heavy (non-hydrogen) atoms. The second kappa shape index (κ2) is 3.51. The Balaban J connectivity index is 4.80. The lowest BCUT2D eigenvalue weighted by atomic mass is 10.2. The van der Waals surface area contributed by atoms with Crippen LogP contribution in [0.1, 0.15) is 6.92 Å². The SMILES string of the molecule is CC(F)(F)/C(=C(/F)Br)C(F)F. The van der Waals surface area contributed by atoms with Crippen molar-refractivity contribution in [3.63, 3.8) is 0 Å². The molecule has 0 N–H and O–H groups in total. The van der Waals surface area contributed by atoms with E-state index < -0.39 is 22.7 Å². The molecule has 0 aliphatic heterocycles. The number of allylic oxidation sites excluding steroid dienone is 1. The van der Waals surface area contributed by atoms with Crippen LogP contribution in [0.15, 0.2) is 10.3 Å². The zero-order chi connectivity index (χ0) is 9.23. The first-order valence-corrected chi connectivity index (χ1v) is 3.27. The minimum Gasteiger partial charge on any atom is -0.205 e. The molecule has 0 radical (unpaired) electrons. The third kappa shape index (κ3) is 3.18. The maximum atomic E-state index is 12.1. The first kappa shape index (κ1) is 10.9. The summed E-state index contributed by atoms with van der Waals surface area (Å²) < 4.78 is 57.7. The van der Waals surface area contributed by atoms with Gasteiger partial charge in [-0.2, -0.15) is 4.39 Å². The Bertz CT molecular complexity index is 164. The highest BCUT2D eigenvalue weighted by Crippen LogP contribution is 2.33. The lowest BCUT2D eigenvalue weighted by molar-refractivity contribution is 0.0230. The maximum absolute atomic E-state index is 12.1. The zero-order valence-electron chi connectivity index (χ0n) is 5.35. The number of rotatable bonds is 2. The summed E-state index contributed by atoms with van der Waals surface area (Å²) in [5, 5.41) is 0. The van der Waals surface area contributed by atoms with Crippen molar-refractivity contribution >= 4 is 15.9 Å². The minimum atomic E-state index is -3.83. The Morgan fingerprint density at radius 3 is 1.73 bits per heavy atom. The third-order valence-electron chi connectivity index (χ3n) is 0.895. The predicted octanol–water partition coefficient (Wildman–Crippen LogP) is 3.48. The fourth-order valence-corrected chi connectivity index (χ4v) is 0.961. The van der Waals surface area contributed by atoms with Crippen LogP contribution in [0.4, 0.5) is 22.0 Å². The standard InChI is InChI=1S/C5H4BrF5/c1-5(10,11)2(3(6)7)4(8)9/h4H,1H3/b3-2+. The monoisotopic (exact) mass is 238 g/mol. The van der Waals surface area contributed by atoms with Crippen LogP contribution in [0.25, 0.3) is 0 Å². The summed E-state index contributed by atoms with van der Waals surface area (Å²) in [4.78, 5) is 0. The van der Waals surface area contributed by atoms with Gasteiger partial charge in [-0.1, -0.05) is 0 Å². The van der Waals surface area contributed by atoms with Gasteiger partial charge in [0.05, 0.1) is 0 Å². The van der Waals surface area contributed by atoms with Crippen LogP contribution in [0.5, 0.6) is 0 Å². The van der Waals surface area contributed by atoms with Gasteiger partial charge < -0.3 is 0 Å². The van der Waals surface area contributed by atoms with Gasteiger partial charge in [0.25, 0.3) is 12.3 Å². The van der Waals surface area contributed by atoms with E-state index in [1.54, 1.807) is 0 Å². The highest BCUT2D eigenvalue weighted by atomic mass is 79.9. The number of alkyl halides is 4. The largest absolute Gasteiger partial charge is 0.275 e. The van der Waals surface area contributed by atoms with Crippen LogP contribution < -0.4 is 0 Å². The zero-order valence-corrected chi connectivity index (χ0v) is 6.93. The van der Waals surface area contributed by atoms with E-state index in [0.717, 1.165) is 0 Å². The molecule has 0 saturated carbocycles. The summed E-state index contributed by atoms with van der Waals surface area (Å²) in [6, 6.07) is 0. The molecule has 0 rings (SSSR count). The number of hydrogen-bond acceptors (Lipinski definition) is 0. The average molecular weight is 239 g/mol. The van der Waals surface area contributed by atoms with Gasteiger partial charge in [-0.25, -0.2) is 17.6 Å². The van der Waals surface area contributed by atoms with Crippen molar-refractivity contribution < 1.29 is 22.0 Å². The van der Waals surface area contributed by atoms with Gasteiger partial charge in [-0.15, -0.1) is 0 Å². The Morgan fingerprint density at radius 1 is 1.36 bits per heavy atom. The minimum absolute atomic E-state index is 0.204. The molecule has 0 atom stereocenters. The van der Waals surface area contributed by atoms with E-state index in [-0.39, 0.29) is 6.92 Å². The van der Waals surface area contributed by atoms with E-state index in [2.05, 4.69) is 0 Å². The number of hydrogen-bond donors (Lipinski definition) is 0. The summed E-state index contributed by atoms with van der Waals surface area (Å²) in [5.74, 6) is -3.83. The van der Waals surface area contributed by atoms with Gasteiger partial charge in [0.1, 0.15) is 5.57 Å². The normalized spacial score (nSPS) is 15.3. The first-order chi connectivity index (χ1) is 4.76. The van der Waals surface area contributed by atoms with Gasteiger partial charge in [0, 0.05) is 6.92 Å². The Kier molecular flexibility index (Phi) is 3.47. The Morgan fingerprint density at radius 2 is 1.73 bits per heavy atom. The summed E-state index contributed by atoms with van der Waals surface area (Å²) in [6.45, 7) is 0.204. The second-order valence-electron chi connectivity index (χ2n) is 1.86. The molecule has 0 unspecified atom stereocenters. The van der Waals surface area contributed by atoms with Gasteiger partial charge in [0.15, 0.2) is 4.74 Å². The molecule has 0 amide bonds. The number of halogens is 6. The van der Waals surface area contributed by atoms with Crippen molar-refractivity contribution in [2.75, 3.05) is 0 Å². The maximum Gasteiger partial charge on any atom is 0.275 e. The molecule has 0 aromatic heterocycles. The first-order valence-electron chi connectivity index (χ1n) is 2.48. The predicted molar refractivity (Wildman–Crippen MR) is 33.7 cm³/mol. The third-order valence-corrected chi connectivity index (χ3v) is 1.32. The molecule has 0 bridgehead atoms. The van der Waals surface area contributed by atoms with Gasteiger partial charge in [0.2, 0.25) is 0 Å². The van der Waals surface area contributed by atoms with E-state index in [9.17, 15) is 22.0 Å². The molecular weight excluding hydrogens is 235 g/mol. The van der Waals surface area contributed by atoms with Gasteiger partial charge in [-0.05, 0) is 15.9 Å². The molecule has 0 fully saturated rings. The average Bonchev–Trinajstić information content (AvgIpc) is 1.54. The summed E-state index contributed by atoms with van der Waals surface area (Å²) >= 11 is 1.93. The second-order valence-corrected chi connectivity index (χ2v) is 2.56. The molecule has 6 heteroatoms. The fraction of sp³-hybridized carbons (Fsp3) is 0.600. The molecular formula is C5H4BrF5. The Hall–Kier alpha value is -0.130. The van der Waals surface area contributed by atoms with E-state index >= 15 is 0 Å². The van der Waals surface area contributed by atoms with Gasteiger partial charge >= 0.3 is 0 Å². The van der Waals surface area contributed by atoms with E-state index in [1.807, 2.05) is 15.9 Å². The molecule has 0 nitrogen and oxygen atoms in total. The fourth-order valence-electron chi connectivity index (χ4n) is 0.440. The highest BCUT2D eigenvalue weighted by molar-refractivity contribution is 9.11. The molecule has 0 saturated heterocycles. The molecule has 0 aliphatic carbocycles. The topological polar surface area (TPSA) is 0 Å². The van der Waals surface area contributed by atoms with E-state index in [0.29, 0.717) is 0 Å². The van der Waals surface area contributed by atoms with Crippen LogP contribution in [0.2, 0.25) is 0 Å². The lowest BCUT2D eigenvalue weighted by Crippen LogP contribution is -2.20. The van der Waals surface area contributed by atoms with Gasteiger partial charge in [-0.3, -0.25) is 0 Å². The van der Waals surface area contributed by atoms with Crippen LogP contribution in [-0.4, -0.2) is 12.3 Å². The van der Waals surface area contributed by atoms with Crippen LogP contribution in [-0.2, 0) is 0 Å². The van der Waals surface area contributed by atoms with Crippen LogP contribution in [0.3, 0.4) is 0 Å². The van der Waals surface area contributed by atoms with Crippen molar-refractivity contribution in [2.24, 2.45) is 0 Å². The van der Waals surface area contributed by atoms with E-state index in [1.165, 1.54) is 0 Å². The highest BCUT2D eigenvalue weighted by Gasteiger charge is 2.37. The molecule has 0 aliphatic rings. The quantitative estimate of drug-likeness (QED) is 0.647. The summed E-state index contributed by atoms with van der Waals surface area (Å²) in [7, 11) is 0. The Labute approximate surface area is 68.2 Å². The van der Waals surface area contributed by atoms with Crippen molar-refractivity contribution in [3.05, 3.63) is 10.3 Å². The van der Waals surface area contributed by atoms with Crippen LogP contribution in [0, 0.1) is 0 Å². The molecule has 0 spiro atoms. The van der Waals surface area contributed by atoms with Crippen molar-refractivity contribution in [3.8, 4) is 0 Å². The van der Waals surface area contributed by atoms with Crippen LogP contribution >= 0.6 is 15.9 Å². The lowest BCUT2D eigenvalue weighted by Gasteiger charge is -2.13.